The summed E-state index contributed by atoms with van der Waals surface area (Å²) in [4.78, 5) is 0. The molecule has 0 saturated carbocycles. The van der Waals surface area contributed by atoms with E-state index >= 15 is 0 Å². The van der Waals surface area contributed by atoms with Gasteiger partial charge >= 0.3 is 0 Å². The van der Waals surface area contributed by atoms with Crippen LogP contribution in [0.1, 0.15) is 45.9 Å². The Kier molecular flexibility index (Phi) is 5.70. The minimum absolute atomic E-state index is 0.0572. The highest BCUT2D eigenvalue weighted by Crippen LogP contribution is 2.36. The Morgan fingerprint density at radius 1 is 1.47 bits per heavy atom. The van der Waals surface area contributed by atoms with Gasteiger partial charge in [0.05, 0.1) is 22.4 Å². The molecule has 0 aliphatic heterocycles. The van der Waals surface area contributed by atoms with Gasteiger partial charge in [-0.1, -0.05) is 13.8 Å². The van der Waals surface area contributed by atoms with Gasteiger partial charge in [0.2, 0.25) is 0 Å². The molecule has 1 N–H and O–H groups in total. The van der Waals surface area contributed by atoms with Crippen molar-refractivity contribution in [2.24, 2.45) is 0 Å². The largest absolute Gasteiger partial charge is 0.466 e. The van der Waals surface area contributed by atoms with Gasteiger partial charge in [-0.25, -0.2) is 0 Å². The maximum Gasteiger partial charge on any atom is 0.137 e. The third-order valence-electron chi connectivity index (χ3n) is 3.10. The summed E-state index contributed by atoms with van der Waals surface area (Å²) in [6, 6.07) is 1.98. The predicted octanol–water partition coefficient (Wildman–Crippen LogP) is 3.90. The summed E-state index contributed by atoms with van der Waals surface area (Å²) in [6.45, 7) is 9.95. The first-order chi connectivity index (χ1) is 8.09. The van der Waals surface area contributed by atoms with E-state index in [4.69, 9.17) is 9.15 Å². The second-order valence-electron chi connectivity index (χ2n) is 4.22. The average Bonchev–Trinajstić information content (AvgIpc) is 2.72. The Bertz CT molecular complexity index is 340. The average molecular weight is 304 g/mol. The predicted molar refractivity (Wildman–Crippen MR) is 73.1 cm³/mol. The molecule has 0 saturated heterocycles. The topological polar surface area (TPSA) is 34.4 Å². The monoisotopic (exact) mass is 303 g/mol. The molecule has 98 valence electrons. The number of furan rings is 1. The van der Waals surface area contributed by atoms with Gasteiger partial charge in [-0.15, -0.1) is 0 Å². The minimum Gasteiger partial charge on any atom is -0.466 e. The van der Waals surface area contributed by atoms with E-state index in [9.17, 15) is 0 Å². The lowest BCUT2D eigenvalue weighted by atomic mass is 9.91. The second-order valence-corrected chi connectivity index (χ2v) is 5.08. The van der Waals surface area contributed by atoms with Crippen LogP contribution in [0.15, 0.2) is 21.2 Å². The highest BCUT2D eigenvalue weighted by atomic mass is 79.9. The maximum absolute atomic E-state index is 5.93. The third-order valence-corrected chi connectivity index (χ3v) is 3.76. The van der Waals surface area contributed by atoms with Gasteiger partial charge in [0.25, 0.3) is 0 Å². The fourth-order valence-corrected chi connectivity index (χ4v) is 2.45. The quantitative estimate of drug-likeness (QED) is 0.829. The van der Waals surface area contributed by atoms with Crippen LogP contribution >= 0.6 is 15.9 Å². The molecule has 4 heteroatoms. The van der Waals surface area contributed by atoms with Crippen LogP contribution in [0.5, 0.6) is 0 Å². The Balaban J connectivity index is 3.03. The van der Waals surface area contributed by atoms with Crippen molar-refractivity contribution in [3.8, 4) is 0 Å². The standard InChI is InChI=1S/C13H22BrNO2/c1-5-13(4,17-7-3)12(15-6-2)11-10(14)8-9-16-11/h8-9,12,15H,5-7H2,1-4H3. The van der Waals surface area contributed by atoms with Gasteiger partial charge in [0.15, 0.2) is 0 Å². The van der Waals surface area contributed by atoms with Gasteiger partial charge in [0, 0.05) is 6.61 Å². The molecule has 0 radical (unpaired) electrons. The lowest BCUT2D eigenvalue weighted by molar-refractivity contribution is -0.0607. The van der Waals surface area contributed by atoms with E-state index < -0.39 is 0 Å². The minimum atomic E-state index is -0.259. The summed E-state index contributed by atoms with van der Waals surface area (Å²) < 4.78 is 12.5. The van der Waals surface area contributed by atoms with Crippen molar-refractivity contribution in [1.82, 2.24) is 5.32 Å². The van der Waals surface area contributed by atoms with Crippen molar-refractivity contribution >= 4 is 15.9 Å². The number of hydrogen-bond acceptors (Lipinski definition) is 3. The Morgan fingerprint density at radius 3 is 2.59 bits per heavy atom. The molecule has 0 fully saturated rings. The van der Waals surface area contributed by atoms with Crippen LogP contribution in [0, 0.1) is 0 Å². The third kappa shape index (κ3) is 3.33. The van der Waals surface area contributed by atoms with E-state index in [0.29, 0.717) is 6.61 Å². The highest BCUT2D eigenvalue weighted by Gasteiger charge is 2.37. The van der Waals surface area contributed by atoms with E-state index in [0.717, 1.165) is 23.2 Å². The zero-order valence-electron chi connectivity index (χ0n) is 11.0. The molecule has 1 heterocycles. The number of likely N-dealkylation sites (N-methyl/N-ethyl adjacent to an activating group) is 1. The normalized spacial score (nSPS) is 16.8. The van der Waals surface area contributed by atoms with E-state index in [1.165, 1.54) is 0 Å². The number of rotatable bonds is 7. The van der Waals surface area contributed by atoms with Crippen molar-refractivity contribution in [3.63, 3.8) is 0 Å². The SMILES string of the molecule is CCNC(c1occc1Br)C(C)(CC)OCC. The summed E-state index contributed by atoms with van der Waals surface area (Å²) in [5, 5.41) is 3.45. The maximum atomic E-state index is 5.93. The molecule has 0 aliphatic rings. The summed E-state index contributed by atoms with van der Waals surface area (Å²) >= 11 is 3.52. The van der Waals surface area contributed by atoms with Crippen LogP contribution in [0.3, 0.4) is 0 Å². The van der Waals surface area contributed by atoms with E-state index in [-0.39, 0.29) is 11.6 Å². The van der Waals surface area contributed by atoms with Crippen molar-refractivity contribution in [3.05, 3.63) is 22.6 Å². The molecular formula is C13H22BrNO2. The number of ether oxygens (including phenoxy) is 1. The van der Waals surface area contributed by atoms with Crippen molar-refractivity contribution in [1.29, 1.82) is 0 Å². The van der Waals surface area contributed by atoms with Crippen molar-refractivity contribution in [2.75, 3.05) is 13.2 Å². The number of hydrogen-bond donors (Lipinski definition) is 1. The molecule has 0 spiro atoms. The molecule has 1 aromatic heterocycles. The zero-order chi connectivity index (χ0) is 12.9. The lowest BCUT2D eigenvalue weighted by Crippen LogP contribution is -2.43. The van der Waals surface area contributed by atoms with E-state index in [1.807, 2.05) is 13.0 Å². The summed E-state index contributed by atoms with van der Waals surface area (Å²) in [7, 11) is 0. The first-order valence-electron chi connectivity index (χ1n) is 6.19. The van der Waals surface area contributed by atoms with E-state index in [2.05, 4.69) is 42.0 Å². The van der Waals surface area contributed by atoms with Crippen molar-refractivity contribution in [2.45, 2.75) is 45.8 Å². The van der Waals surface area contributed by atoms with Crippen LogP contribution in [-0.2, 0) is 4.74 Å². The second kappa shape index (κ2) is 6.57. The van der Waals surface area contributed by atoms with E-state index in [1.54, 1.807) is 6.26 Å². The molecule has 1 rings (SSSR count). The molecular weight excluding hydrogens is 282 g/mol. The van der Waals surface area contributed by atoms with Crippen LogP contribution in [-0.4, -0.2) is 18.8 Å². The van der Waals surface area contributed by atoms with Crippen LogP contribution in [0.25, 0.3) is 0 Å². The molecule has 0 amide bonds. The number of halogens is 1. The molecule has 0 aromatic carbocycles. The summed E-state index contributed by atoms with van der Waals surface area (Å²) in [6.07, 6.45) is 2.62. The summed E-state index contributed by atoms with van der Waals surface area (Å²) in [5.74, 6) is 0.907. The fraction of sp³-hybridized carbons (Fsp3) is 0.692. The van der Waals surface area contributed by atoms with Crippen LogP contribution in [0.4, 0.5) is 0 Å². The summed E-state index contributed by atoms with van der Waals surface area (Å²) in [5.41, 5.74) is -0.259. The van der Waals surface area contributed by atoms with Crippen LogP contribution < -0.4 is 5.32 Å². The molecule has 0 aliphatic carbocycles. The molecule has 1 aromatic rings. The Morgan fingerprint density at radius 2 is 2.18 bits per heavy atom. The lowest BCUT2D eigenvalue weighted by Gasteiger charge is -2.36. The van der Waals surface area contributed by atoms with Gasteiger partial charge in [-0.2, -0.15) is 0 Å². The molecule has 3 nitrogen and oxygen atoms in total. The zero-order valence-corrected chi connectivity index (χ0v) is 12.6. The van der Waals surface area contributed by atoms with Crippen molar-refractivity contribution < 1.29 is 9.15 Å². The van der Waals surface area contributed by atoms with Gasteiger partial charge < -0.3 is 14.5 Å². The Labute approximate surface area is 112 Å². The Hall–Kier alpha value is -0.320. The first-order valence-corrected chi connectivity index (χ1v) is 6.98. The van der Waals surface area contributed by atoms with Gasteiger partial charge in [-0.3, -0.25) is 0 Å². The molecule has 2 unspecified atom stereocenters. The highest BCUT2D eigenvalue weighted by molar-refractivity contribution is 9.10. The molecule has 0 bridgehead atoms. The van der Waals surface area contributed by atoms with Gasteiger partial charge in [-0.05, 0) is 48.8 Å². The molecule has 2 atom stereocenters. The molecule has 17 heavy (non-hydrogen) atoms. The first kappa shape index (κ1) is 14.7. The smallest absolute Gasteiger partial charge is 0.137 e. The van der Waals surface area contributed by atoms with Crippen LogP contribution in [0.2, 0.25) is 0 Å². The van der Waals surface area contributed by atoms with Gasteiger partial charge in [0.1, 0.15) is 5.76 Å². The fourth-order valence-electron chi connectivity index (χ4n) is 2.02. The number of nitrogens with one attached hydrogen (secondary N) is 1.